The molecule has 0 bridgehead atoms. The molecule has 1 aliphatic carbocycles. The summed E-state index contributed by atoms with van der Waals surface area (Å²) in [6, 6.07) is 0.608. The Hall–Kier alpha value is -0.130. The van der Waals surface area contributed by atoms with E-state index in [0.29, 0.717) is 24.9 Å². The average molecular weight is 260 g/mol. The average Bonchev–Trinajstić information content (AvgIpc) is 2.61. The monoisotopic (exact) mass is 260 g/mol. The minimum atomic E-state index is -2.91. The number of nitrogens with zero attached hydrogens (tertiary/aromatic N) is 1. The van der Waals surface area contributed by atoms with Gasteiger partial charge < -0.3 is 5.32 Å². The van der Waals surface area contributed by atoms with Gasteiger partial charge in [-0.05, 0) is 38.0 Å². The van der Waals surface area contributed by atoms with Gasteiger partial charge in [-0.3, -0.25) is 0 Å². The minimum Gasteiger partial charge on any atom is -0.313 e. The molecule has 1 N–H and O–H groups in total. The summed E-state index contributed by atoms with van der Waals surface area (Å²) in [5.74, 6) is 1.21. The van der Waals surface area contributed by atoms with Crippen LogP contribution in [0.1, 0.15) is 39.0 Å². The lowest BCUT2D eigenvalue weighted by Crippen LogP contribution is -2.39. The normalized spacial score (nSPS) is 33.9. The lowest BCUT2D eigenvalue weighted by atomic mass is 9.87. The van der Waals surface area contributed by atoms with Crippen molar-refractivity contribution in [2.75, 3.05) is 25.4 Å². The van der Waals surface area contributed by atoms with E-state index in [1.165, 1.54) is 25.7 Å². The van der Waals surface area contributed by atoms with Crippen molar-refractivity contribution in [3.63, 3.8) is 0 Å². The van der Waals surface area contributed by atoms with E-state index in [-0.39, 0.29) is 0 Å². The molecule has 0 aromatic rings. The van der Waals surface area contributed by atoms with Crippen molar-refractivity contribution in [2.45, 2.75) is 45.1 Å². The molecular formula is C12H24N2O2S. The van der Waals surface area contributed by atoms with Gasteiger partial charge in [0.15, 0.2) is 0 Å². The zero-order valence-electron chi connectivity index (χ0n) is 10.7. The van der Waals surface area contributed by atoms with Gasteiger partial charge in [0.1, 0.15) is 0 Å². The molecule has 2 fully saturated rings. The first-order valence-corrected chi connectivity index (χ1v) is 8.40. The van der Waals surface area contributed by atoms with Crippen LogP contribution in [0.25, 0.3) is 0 Å². The molecule has 1 saturated carbocycles. The van der Waals surface area contributed by atoms with E-state index in [9.17, 15) is 8.42 Å². The zero-order valence-corrected chi connectivity index (χ0v) is 11.5. The van der Waals surface area contributed by atoms with Crippen molar-refractivity contribution < 1.29 is 8.42 Å². The Morgan fingerprint density at radius 2 is 1.94 bits per heavy atom. The fourth-order valence-corrected chi connectivity index (χ4v) is 4.33. The van der Waals surface area contributed by atoms with Gasteiger partial charge in [-0.1, -0.05) is 6.92 Å². The zero-order chi connectivity index (χ0) is 12.3. The van der Waals surface area contributed by atoms with E-state index < -0.39 is 10.0 Å². The number of hydrogen-bond acceptors (Lipinski definition) is 3. The number of rotatable bonds is 4. The van der Waals surface area contributed by atoms with Crippen molar-refractivity contribution in [3.8, 4) is 0 Å². The van der Waals surface area contributed by atoms with Gasteiger partial charge in [0.25, 0.3) is 0 Å². The Kier molecular flexibility index (Phi) is 4.44. The van der Waals surface area contributed by atoms with Crippen molar-refractivity contribution in [2.24, 2.45) is 5.92 Å². The van der Waals surface area contributed by atoms with E-state index >= 15 is 0 Å². The Labute approximate surface area is 105 Å². The van der Waals surface area contributed by atoms with Crippen LogP contribution >= 0.6 is 0 Å². The highest BCUT2D eigenvalue weighted by Crippen LogP contribution is 2.23. The molecule has 0 spiro atoms. The number of hydrogen-bond donors (Lipinski definition) is 1. The van der Waals surface area contributed by atoms with E-state index in [0.717, 1.165) is 18.9 Å². The topological polar surface area (TPSA) is 49.4 Å². The van der Waals surface area contributed by atoms with Gasteiger partial charge in [0, 0.05) is 25.7 Å². The largest absolute Gasteiger partial charge is 0.313 e. The molecule has 0 unspecified atom stereocenters. The maximum absolute atomic E-state index is 11.6. The quantitative estimate of drug-likeness (QED) is 0.826. The van der Waals surface area contributed by atoms with Crippen LogP contribution in [-0.4, -0.2) is 44.2 Å². The standard InChI is InChI=1S/C12H24N2O2S/c1-11-3-5-12(6-4-11)13-7-9-14-8-2-10-17(14,15)16/h11-13H,2-10H2,1H3. The third-order valence-corrected chi connectivity index (χ3v) is 5.97. The summed E-state index contributed by atoms with van der Waals surface area (Å²) in [7, 11) is -2.91. The maximum atomic E-state index is 11.6. The second-order valence-electron chi connectivity index (χ2n) is 5.48. The second kappa shape index (κ2) is 5.67. The molecule has 17 heavy (non-hydrogen) atoms. The lowest BCUT2D eigenvalue weighted by Gasteiger charge is -2.27. The molecule has 0 aromatic heterocycles. The van der Waals surface area contributed by atoms with Crippen LogP contribution < -0.4 is 5.32 Å². The predicted molar refractivity (Wildman–Crippen MR) is 69.4 cm³/mol. The fraction of sp³-hybridized carbons (Fsp3) is 1.00. The Morgan fingerprint density at radius 3 is 2.53 bits per heavy atom. The smallest absolute Gasteiger partial charge is 0.214 e. The highest BCUT2D eigenvalue weighted by atomic mass is 32.2. The number of nitrogens with one attached hydrogen (secondary N) is 1. The first-order chi connectivity index (χ1) is 8.08. The predicted octanol–water partition coefficient (Wildman–Crippen LogP) is 1.19. The third kappa shape index (κ3) is 3.66. The Balaban J connectivity index is 1.66. The molecule has 0 atom stereocenters. The minimum absolute atomic E-state index is 0.341. The molecular weight excluding hydrogens is 236 g/mol. The summed E-state index contributed by atoms with van der Waals surface area (Å²) in [6.07, 6.45) is 5.89. The molecule has 1 heterocycles. The summed E-state index contributed by atoms with van der Waals surface area (Å²) in [4.78, 5) is 0. The molecule has 0 radical (unpaired) electrons. The van der Waals surface area contributed by atoms with Crippen LogP contribution in [0, 0.1) is 5.92 Å². The number of sulfonamides is 1. The molecule has 1 saturated heterocycles. The highest BCUT2D eigenvalue weighted by Gasteiger charge is 2.27. The van der Waals surface area contributed by atoms with Crippen LogP contribution in [0.4, 0.5) is 0 Å². The van der Waals surface area contributed by atoms with Crippen LogP contribution in [0.2, 0.25) is 0 Å². The molecule has 2 aliphatic rings. The third-order valence-electron chi connectivity index (χ3n) is 4.01. The molecule has 1 aliphatic heterocycles. The van der Waals surface area contributed by atoms with Crippen molar-refractivity contribution in [1.29, 1.82) is 0 Å². The van der Waals surface area contributed by atoms with Crippen molar-refractivity contribution in [1.82, 2.24) is 9.62 Å². The molecule has 2 rings (SSSR count). The van der Waals surface area contributed by atoms with Crippen LogP contribution in [0.15, 0.2) is 0 Å². The van der Waals surface area contributed by atoms with Gasteiger partial charge in [-0.25, -0.2) is 12.7 Å². The molecule has 5 heteroatoms. The summed E-state index contributed by atoms with van der Waals surface area (Å²) in [5, 5.41) is 3.50. The summed E-state index contributed by atoms with van der Waals surface area (Å²) in [5.41, 5.74) is 0. The van der Waals surface area contributed by atoms with E-state index in [4.69, 9.17) is 0 Å². The SMILES string of the molecule is CC1CCC(NCCN2CCCS2(=O)=O)CC1. The maximum Gasteiger partial charge on any atom is 0.214 e. The summed E-state index contributed by atoms with van der Waals surface area (Å²) >= 11 is 0. The first-order valence-electron chi connectivity index (χ1n) is 6.79. The van der Waals surface area contributed by atoms with Gasteiger partial charge in [-0.2, -0.15) is 0 Å². The Morgan fingerprint density at radius 1 is 1.24 bits per heavy atom. The van der Waals surface area contributed by atoms with Crippen molar-refractivity contribution in [3.05, 3.63) is 0 Å². The van der Waals surface area contributed by atoms with Crippen LogP contribution in [0.5, 0.6) is 0 Å². The van der Waals surface area contributed by atoms with Gasteiger partial charge in [0.05, 0.1) is 5.75 Å². The van der Waals surface area contributed by atoms with Gasteiger partial charge in [-0.15, -0.1) is 0 Å². The summed E-state index contributed by atoms with van der Waals surface area (Å²) < 4.78 is 24.8. The highest BCUT2D eigenvalue weighted by molar-refractivity contribution is 7.89. The lowest BCUT2D eigenvalue weighted by molar-refractivity contribution is 0.301. The second-order valence-corrected chi connectivity index (χ2v) is 7.57. The van der Waals surface area contributed by atoms with Crippen LogP contribution in [-0.2, 0) is 10.0 Å². The molecule has 100 valence electrons. The van der Waals surface area contributed by atoms with E-state index in [1.807, 2.05) is 0 Å². The van der Waals surface area contributed by atoms with Crippen molar-refractivity contribution >= 4 is 10.0 Å². The van der Waals surface area contributed by atoms with E-state index in [2.05, 4.69) is 12.2 Å². The van der Waals surface area contributed by atoms with Crippen LogP contribution in [0.3, 0.4) is 0 Å². The van der Waals surface area contributed by atoms with E-state index in [1.54, 1.807) is 4.31 Å². The molecule has 4 nitrogen and oxygen atoms in total. The summed E-state index contributed by atoms with van der Waals surface area (Å²) in [6.45, 7) is 4.48. The first kappa shape index (κ1) is 13.3. The Bertz CT molecular complexity index is 334. The molecule has 0 aromatic carbocycles. The van der Waals surface area contributed by atoms with Gasteiger partial charge >= 0.3 is 0 Å². The molecule has 0 amide bonds. The fourth-order valence-electron chi connectivity index (χ4n) is 2.80. The van der Waals surface area contributed by atoms with Gasteiger partial charge in [0.2, 0.25) is 10.0 Å².